The van der Waals surface area contributed by atoms with Crippen molar-refractivity contribution >= 4 is 46.2 Å². The molecule has 4 amide bonds. The molecular formula is C107H114F6N22O4. The number of pyridine rings is 2. The molecule has 12 aromatic heterocycles. The van der Waals surface area contributed by atoms with Crippen LogP contribution in [-0.4, -0.2) is 181 Å². The summed E-state index contributed by atoms with van der Waals surface area (Å²) in [5, 5.41) is 22.6. The van der Waals surface area contributed by atoms with Crippen molar-refractivity contribution in [1.82, 2.24) is 107 Å². The van der Waals surface area contributed by atoms with Crippen LogP contribution >= 0.6 is 0 Å². The number of aryl methyl sites for hydroxylation is 7. The summed E-state index contributed by atoms with van der Waals surface area (Å²) in [7, 11) is 3.74. The molecule has 0 radical (unpaired) electrons. The van der Waals surface area contributed by atoms with E-state index in [1.165, 1.54) is 42.7 Å². The number of likely N-dealkylation sites (tertiary alicyclic amines) is 4. The van der Waals surface area contributed by atoms with Crippen LogP contribution in [0.25, 0.3) is 112 Å². The van der Waals surface area contributed by atoms with Crippen molar-refractivity contribution in [3.63, 3.8) is 0 Å². The van der Waals surface area contributed by atoms with E-state index >= 15 is 17.6 Å². The van der Waals surface area contributed by atoms with Gasteiger partial charge in [-0.2, -0.15) is 29.9 Å². The Morgan fingerprint density at radius 2 is 0.691 bits per heavy atom. The number of imidazole rings is 1. The van der Waals surface area contributed by atoms with Crippen molar-refractivity contribution in [2.75, 3.05) is 26.2 Å². The molecule has 0 spiro atoms. The van der Waals surface area contributed by atoms with Gasteiger partial charge in [0.05, 0.1) is 40.9 Å². The fourth-order valence-electron chi connectivity index (χ4n) is 19.0. The van der Waals surface area contributed by atoms with E-state index in [0.717, 1.165) is 181 Å². The number of amides is 4. The van der Waals surface area contributed by atoms with Gasteiger partial charge in [-0.3, -0.25) is 28.8 Å². The molecule has 4 aromatic carbocycles. The summed E-state index contributed by atoms with van der Waals surface area (Å²) in [5.41, 5.74) is 15.0. The third kappa shape index (κ3) is 20.9. The Balaban J connectivity index is 0.000000128. The van der Waals surface area contributed by atoms with Crippen molar-refractivity contribution < 1.29 is 45.5 Å². The highest BCUT2D eigenvalue weighted by Gasteiger charge is 2.32. The van der Waals surface area contributed by atoms with E-state index in [4.69, 9.17) is 0 Å². The van der Waals surface area contributed by atoms with Crippen LogP contribution in [-0.2, 0) is 39.8 Å². The number of halogens is 6. The van der Waals surface area contributed by atoms with Gasteiger partial charge in [-0.05, 0) is 219 Å². The van der Waals surface area contributed by atoms with Gasteiger partial charge in [0.1, 0.15) is 57.7 Å². The van der Waals surface area contributed by atoms with Gasteiger partial charge in [0, 0.05) is 181 Å². The Hall–Kier alpha value is -14.5. The zero-order chi connectivity index (χ0) is 97.6. The van der Waals surface area contributed by atoms with Crippen molar-refractivity contribution in [3.05, 3.63) is 263 Å². The lowest BCUT2D eigenvalue weighted by molar-refractivity contribution is 0.0684. The number of aromatic nitrogens is 18. The van der Waals surface area contributed by atoms with E-state index in [2.05, 4.69) is 88.1 Å². The topological polar surface area (TPSA) is 263 Å². The fraction of sp³-hybridized carbons (Fsp3) is 0.364. The van der Waals surface area contributed by atoms with E-state index in [1.54, 1.807) is 114 Å². The Labute approximate surface area is 802 Å². The van der Waals surface area contributed by atoms with Crippen molar-refractivity contribution in [2.45, 2.75) is 215 Å². The lowest BCUT2D eigenvalue weighted by Gasteiger charge is -2.27. The van der Waals surface area contributed by atoms with Crippen molar-refractivity contribution in [2.24, 2.45) is 14.1 Å². The minimum atomic E-state index is -0.653. The molecule has 4 atom stereocenters. The number of hydrogen-bond acceptors (Lipinski definition) is 16. The quantitative estimate of drug-likeness (QED) is 0.0643. The maximum Gasteiger partial charge on any atom is 0.272 e. The standard InChI is InChI=1S/2C27H27F2N5O.C27H31FN6O.C26H29FN6O/c1-3-19-15-24(27(35)33-13-6-4-5-8-17(33)2)31-25-16-23(32-34(19)25)21-11-10-18(14-22(21)28)20-9-7-12-30-26(20)29;1-3-21-13-25(27(35)33-10-6-4-5-7-17(33)2)31-26-14-24(32-34(21)26)22-9-8-18(12-23(22)29)19-11-20(28)16-30-15-19;1-5-20-14-24(27(35)33-12-8-6-7-9-17(33)2)30-26-15-23(31-34(20)26)21-11-10-19(13-22(21)28)25-16-32(4)18(3)29-25;1-4-20-13-24(26(34)32-11-7-5-6-8-17(32)2)29-25-14-23(30-33(20)25)21-10-9-18(12-22(21)27)19-15-28-31(3)16-19/h7,9-12,14-17H,3-6,8,13H2,1-2H3;8-9,11-17H,3-7,10H2,1-2H3;10-11,13-17H,5-9,12H2,1-4H3;9-10,12-17H,4-8,11H2,1-3H3. The molecule has 32 heteroatoms. The summed E-state index contributed by atoms with van der Waals surface area (Å²) in [6, 6.07) is 38.7. The molecule has 20 rings (SSSR count). The summed E-state index contributed by atoms with van der Waals surface area (Å²) < 4.78 is 98.5. The van der Waals surface area contributed by atoms with Crippen LogP contribution in [0, 0.1) is 42.0 Å². The number of benzene rings is 4. The van der Waals surface area contributed by atoms with Gasteiger partial charge in [0.25, 0.3) is 23.6 Å². The predicted molar refractivity (Wildman–Crippen MR) is 522 cm³/mol. The van der Waals surface area contributed by atoms with E-state index in [-0.39, 0.29) is 70.6 Å². The Morgan fingerprint density at radius 3 is 1.01 bits per heavy atom. The Bertz CT molecular complexity index is 7240. The number of carbonyl (C=O) groups excluding carboxylic acids is 4. The molecule has 0 aliphatic carbocycles. The highest BCUT2D eigenvalue weighted by Crippen LogP contribution is 2.37. The third-order valence-electron chi connectivity index (χ3n) is 27.1. The van der Waals surface area contributed by atoms with Crippen LogP contribution in [0.3, 0.4) is 0 Å². The monoisotopic (exact) mass is 1880 g/mol. The summed E-state index contributed by atoms with van der Waals surface area (Å²) in [6.07, 6.45) is 29.2. The zero-order valence-corrected chi connectivity index (χ0v) is 80.3. The zero-order valence-electron chi connectivity index (χ0n) is 80.3. The molecule has 26 nitrogen and oxygen atoms in total. The van der Waals surface area contributed by atoms with Gasteiger partial charge >= 0.3 is 0 Å². The Morgan fingerprint density at radius 1 is 0.345 bits per heavy atom. The maximum absolute atomic E-state index is 15.2. The molecule has 16 aromatic rings. The predicted octanol–water partition coefficient (Wildman–Crippen LogP) is 21.5. The second-order valence-corrected chi connectivity index (χ2v) is 36.6. The molecule has 4 fully saturated rings. The first-order chi connectivity index (χ1) is 67.2. The average Bonchev–Trinajstić information content (AvgIpc) is 1.64. The lowest BCUT2D eigenvalue weighted by atomic mass is 10.0. The van der Waals surface area contributed by atoms with Crippen LogP contribution in [0.1, 0.15) is 229 Å². The van der Waals surface area contributed by atoms with Crippen LogP contribution in [0.5, 0.6) is 0 Å². The number of nitrogens with zero attached hydrogens (tertiary/aromatic N) is 22. The van der Waals surface area contributed by atoms with E-state index in [1.807, 2.05) is 110 Å². The highest BCUT2D eigenvalue weighted by atomic mass is 19.1. The first kappa shape index (κ1) is 96.2. The van der Waals surface area contributed by atoms with Crippen molar-refractivity contribution in [3.8, 4) is 89.7 Å². The van der Waals surface area contributed by atoms with Gasteiger partial charge in [-0.1, -0.05) is 103 Å². The van der Waals surface area contributed by atoms with Crippen LogP contribution in [0.15, 0.2) is 177 Å². The number of hydrogen-bond donors (Lipinski definition) is 0. The number of fused-ring (bicyclic) bond motifs is 4. The molecule has 4 aliphatic rings. The largest absolute Gasteiger partial charge is 0.338 e. The molecule has 4 saturated heterocycles. The minimum absolute atomic E-state index is 0.0404. The molecule has 16 heterocycles. The van der Waals surface area contributed by atoms with Crippen LogP contribution in [0.2, 0.25) is 0 Å². The summed E-state index contributed by atoms with van der Waals surface area (Å²) in [4.78, 5) is 91.6. The summed E-state index contributed by atoms with van der Waals surface area (Å²) in [6.45, 7) is 21.3. The molecule has 0 saturated carbocycles. The second-order valence-electron chi connectivity index (χ2n) is 36.6. The molecule has 718 valence electrons. The van der Waals surface area contributed by atoms with Gasteiger partial charge < -0.3 is 24.2 Å². The number of carbonyl (C=O) groups is 4. The van der Waals surface area contributed by atoms with Gasteiger partial charge in [0.2, 0.25) is 5.95 Å². The third-order valence-corrected chi connectivity index (χ3v) is 27.1. The molecule has 0 N–H and O–H groups in total. The summed E-state index contributed by atoms with van der Waals surface area (Å²) >= 11 is 0. The van der Waals surface area contributed by atoms with E-state index in [0.29, 0.717) is 133 Å². The highest BCUT2D eigenvalue weighted by molar-refractivity contribution is 5.96. The van der Waals surface area contributed by atoms with E-state index in [9.17, 15) is 28.0 Å². The molecule has 4 aliphatic heterocycles. The second kappa shape index (κ2) is 42.3. The lowest BCUT2D eigenvalue weighted by Crippen LogP contribution is -2.38. The number of rotatable bonds is 16. The fourth-order valence-corrected chi connectivity index (χ4v) is 19.0. The van der Waals surface area contributed by atoms with Crippen LogP contribution < -0.4 is 0 Å². The Kier molecular flexibility index (Phi) is 29.3. The van der Waals surface area contributed by atoms with Crippen molar-refractivity contribution in [1.29, 1.82) is 0 Å². The first-order valence-corrected chi connectivity index (χ1v) is 48.4. The normalized spacial score (nSPS) is 16.6. The van der Waals surface area contributed by atoms with Gasteiger partial charge in [-0.15, -0.1) is 0 Å². The minimum Gasteiger partial charge on any atom is -0.338 e. The van der Waals surface area contributed by atoms with Gasteiger partial charge in [-0.25, -0.2) is 69.9 Å². The molecular weight excluding hydrogens is 1770 g/mol. The average molecular weight is 1890 g/mol. The SMILES string of the molecule is CCc1cc(C(=O)N2CCCCCC2C)nc2cc(-c3ccc(-c4cccnc4F)cc3F)nn12.CCc1cc(C(=O)N2CCCCCC2C)nc2cc(-c3ccc(-c4cn(C)c(C)n4)cc3F)nn12.CCc1cc(C(=O)N2CCCCCC2C)nc2cc(-c3ccc(-c4cncc(F)c4)cc3F)nn12.CCc1cc(C(=O)N2CCCCCC2C)nc2cc(-c3ccc(-c4cnn(C)c4)cc3F)nn12. The maximum atomic E-state index is 15.2. The van der Waals surface area contributed by atoms with Crippen LogP contribution in [0.4, 0.5) is 26.3 Å². The molecule has 139 heavy (non-hydrogen) atoms. The molecule has 4 unspecified atom stereocenters. The van der Waals surface area contributed by atoms with Gasteiger partial charge in [0.15, 0.2) is 22.6 Å². The summed E-state index contributed by atoms with van der Waals surface area (Å²) in [5.74, 6) is -2.24. The molecule has 0 bridgehead atoms. The smallest absolute Gasteiger partial charge is 0.272 e. The van der Waals surface area contributed by atoms with E-state index < -0.39 is 23.4 Å². The first-order valence-electron chi connectivity index (χ1n) is 48.4.